The molecule has 0 aliphatic carbocycles. The van der Waals surface area contributed by atoms with E-state index in [1.54, 1.807) is 24.3 Å². The van der Waals surface area contributed by atoms with Gasteiger partial charge in [-0.2, -0.15) is 0 Å². The van der Waals surface area contributed by atoms with E-state index in [0.717, 1.165) is 5.56 Å². The molecule has 3 aromatic rings. The Morgan fingerprint density at radius 2 is 1.45 bits per heavy atom. The van der Waals surface area contributed by atoms with Crippen molar-refractivity contribution in [3.8, 4) is 0 Å². The lowest BCUT2D eigenvalue weighted by Gasteiger charge is -2.09. The Morgan fingerprint density at radius 1 is 0.806 bits per heavy atom. The molecule has 0 saturated carbocycles. The van der Waals surface area contributed by atoms with Crippen molar-refractivity contribution in [3.05, 3.63) is 95.0 Å². The van der Waals surface area contributed by atoms with E-state index in [-0.39, 0.29) is 36.0 Å². The van der Waals surface area contributed by atoms with Crippen LogP contribution < -0.4 is 10.0 Å². The van der Waals surface area contributed by atoms with Gasteiger partial charge >= 0.3 is 0 Å². The highest BCUT2D eigenvalue weighted by atomic mass is 35.5. The average Bonchev–Trinajstić information content (AvgIpc) is 2.78. The average molecular weight is 457 g/mol. The molecular formula is C23H21ClN2O4S. The van der Waals surface area contributed by atoms with Gasteiger partial charge in [-0.05, 0) is 54.1 Å². The number of carbonyl (C=O) groups excluding carboxylic acids is 2. The molecule has 0 atom stereocenters. The van der Waals surface area contributed by atoms with Crippen molar-refractivity contribution in [2.45, 2.75) is 24.3 Å². The molecule has 0 aromatic heterocycles. The molecule has 0 aliphatic rings. The van der Waals surface area contributed by atoms with Crippen LogP contribution in [0.1, 0.15) is 28.8 Å². The Morgan fingerprint density at radius 3 is 2.10 bits per heavy atom. The highest BCUT2D eigenvalue weighted by molar-refractivity contribution is 7.89. The highest BCUT2D eigenvalue weighted by Gasteiger charge is 2.14. The first kappa shape index (κ1) is 22.7. The number of benzene rings is 3. The number of amides is 1. The van der Waals surface area contributed by atoms with E-state index in [9.17, 15) is 18.0 Å². The van der Waals surface area contributed by atoms with Crippen LogP contribution in [-0.2, 0) is 21.4 Å². The highest BCUT2D eigenvalue weighted by Crippen LogP contribution is 2.16. The van der Waals surface area contributed by atoms with Gasteiger partial charge in [0.05, 0.1) is 4.90 Å². The zero-order chi connectivity index (χ0) is 22.3. The number of ketones is 1. The van der Waals surface area contributed by atoms with Crippen molar-refractivity contribution in [1.82, 2.24) is 4.72 Å². The topological polar surface area (TPSA) is 92.3 Å². The van der Waals surface area contributed by atoms with E-state index in [2.05, 4.69) is 10.0 Å². The molecule has 0 unspecified atom stereocenters. The fourth-order valence-electron chi connectivity index (χ4n) is 2.81. The molecule has 0 radical (unpaired) electrons. The van der Waals surface area contributed by atoms with Crippen LogP contribution in [0.15, 0.2) is 83.8 Å². The van der Waals surface area contributed by atoms with Gasteiger partial charge in [0.1, 0.15) is 0 Å². The predicted molar refractivity (Wildman–Crippen MR) is 121 cm³/mol. The third kappa shape index (κ3) is 6.75. The lowest BCUT2D eigenvalue weighted by molar-refractivity contribution is -0.116. The van der Waals surface area contributed by atoms with Gasteiger partial charge in [0, 0.05) is 35.7 Å². The van der Waals surface area contributed by atoms with E-state index < -0.39 is 10.0 Å². The van der Waals surface area contributed by atoms with Crippen LogP contribution in [-0.4, -0.2) is 20.1 Å². The largest absolute Gasteiger partial charge is 0.326 e. The van der Waals surface area contributed by atoms with Gasteiger partial charge in [0.15, 0.2) is 5.78 Å². The Balaban J connectivity index is 1.51. The van der Waals surface area contributed by atoms with Crippen molar-refractivity contribution in [2.75, 3.05) is 5.32 Å². The molecule has 0 saturated heterocycles. The molecule has 8 heteroatoms. The standard InChI is InChI=1S/C23H21ClN2O4S/c24-19-8-6-18(7-9-19)22(27)14-15-23(28)26-20-10-12-21(13-11-20)31(29,30)25-16-17-4-2-1-3-5-17/h1-13,25H,14-16H2,(H,26,28). The number of nitrogens with one attached hydrogen (secondary N) is 2. The van der Waals surface area contributed by atoms with E-state index in [1.807, 2.05) is 30.3 Å². The van der Waals surface area contributed by atoms with Gasteiger partial charge in [-0.1, -0.05) is 41.9 Å². The second-order valence-corrected chi connectivity index (χ2v) is 9.02. The van der Waals surface area contributed by atoms with E-state index in [4.69, 9.17) is 11.6 Å². The summed E-state index contributed by atoms with van der Waals surface area (Å²) < 4.78 is 27.4. The van der Waals surface area contributed by atoms with E-state index in [1.165, 1.54) is 24.3 Å². The molecule has 0 fully saturated rings. The Kier molecular flexibility index (Phi) is 7.57. The molecule has 2 N–H and O–H groups in total. The number of hydrogen-bond donors (Lipinski definition) is 2. The molecule has 0 spiro atoms. The summed E-state index contributed by atoms with van der Waals surface area (Å²) in [5.41, 5.74) is 1.80. The summed E-state index contributed by atoms with van der Waals surface area (Å²) in [5, 5.41) is 3.20. The summed E-state index contributed by atoms with van der Waals surface area (Å²) in [6, 6.07) is 21.5. The first-order valence-corrected chi connectivity index (χ1v) is 11.4. The van der Waals surface area contributed by atoms with Crippen LogP contribution in [0, 0.1) is 0 Å². The third-order valence-corrected chi connectivity index (χ3v) is 6.17. The second-order valence-electron chi connectivity index (χ2n) is 6.81. The number of carbonyl (C=O) groups is 2. The maximum absolute atomic E-state index is 12.4. The Bertz CT molecular complexity index is 1150. The van der Waals surface area contributed by atoms with Crippen LogP contribution in [0.5, 0.6) is 0 Å². The molecule has 0 heterocycles. The van der Waals surface area contributed by atoms with Gasteiger partial charge in [0.25, 0.3) is 0 Å². The lowest BCUT2D eigenvalue weighted by atomic mass is 10.1. The first-order chi connectivity index (χ1) is 14.8. The van der Waals surface area contributed by atoms with Crippen LogP contribution >= 0.6 is 11.6 Å². The number of hydrogen-bond acceptors (Lipinski definition) is 4. The zero-order valence-electron chi connectivity index (χ0n) is 16.5. The van der Waals surface area contributed by atoms with Gasteiger partial charge in [-0.3, -0.25) is 9.59 Å². The van der Waals surface area contributed by atoms with Crippen LogP contribution in [0.4, 0.5) is 5.69 Å². The molecule has 31 heavy (non-hydrogen) atoms. The third-order valence-electron chi connectivity index (χ3n) is 4.50. The predicted octanol–water partition coefficient (Wildman–Crippen LogP) is 4.42. The van der Waals surface area contributed by atoms with Crippen LogP contribution in [0.3, 0.4) is 0 Å². The number of rotatable bonds is 9. The quantitative estimate of drug-likeness (QED) is 0.466. The van der Waals surface area contributed by atoms with Gasteiger partial charge in [-0.15, -0.1) is 0 Å². The molecule has 6 nitrogen and oxygen atoms in total. The summed E-state index contributed by atoms with van der Waals surface area (Å²) in [6.07, 6.45) is 0.0729. The summed E-state index contributed by atoms with van der Waals surface area (Å²) in [4.78, 5) is 24.4. The summed E-state index contributed by atoms with van der Waals surface area (Å²) in [5.74, 6) is -0.488. The molecule has 0 bridgehead atoms. The number of Topliss-reactive ketones (excluding diaryl/α,β-unsaturated/α-hetero) is 1. The normalized spacial score (nSPS) is 11.1. The Hall–Kier alpha value is -3.00. The smallest absolute Gasteiger partial charge is 0.240 e. The molecule has 0 aliphatic heterocycles. The minimum absolute atomic E-state index is 0.0140. The van der Waals surface area contributed by atoms with Crippen molar-refractivity contribution in [1.29, 1.82) is 0 Å². The fourth-order valence-corrected chi connectivity index (χ4v) is 3.95. The minimum Gasteiger partial charge on any atom is -0.326 e. The minimum atomic E-state index is -3.68. The number of sulfonamides is 1. The molecule has 1 amide bonds. The number of anilines is 1. The second kappa shape index (κ2) is 10.3. The van der Waals surface area contributed by atoms with Crippen molar-refractivity contribution >= 4 is 39.0 Å². The van der Waals surface area contributed by atoms with Crippen molar-refractivity contribution in [2.24, 2.45) is 0 Å². The van der Waals surface area contributed by atoms with E-state index in [0.29, 0.717) is 16.3 Å². The monoisotopic (exact) mass is 456 g/mol. The lowest BCUT2D eigenvalue weighted by Crippen LogP contribution is -2.23. The molecule has 3 rings (SSSR count). The molecular weight excluding hydrogens is 436 g/mol. The van der Waals surface area contributed by atoms with Crippen LogP contribution in [0.2, 0.25) is 5.02 Å². The zero-order valence-corrected chi connectivity index (χ0v) is 18.1. The fraction of sp³-hybridized carbons (Fsp3) is 0.130. The summed E-state index contributed by atoms with van der Waals surface area (Å²) >= 11 is 5.80. The van der Waals surface area contributed by atoms with Gasteiger partial charge in [-0.25, -0.2) is 13.1 Å². The SMILES string of the molecule is O=C(CCC(=O)c1ccc(Cl)cc1)Nc1ccc(S(=O)(=O)NCc2ccccc2)cc1. The summed E-state index contributed by atoms with van der Waals surface area (Å²) in [6.45, 7) is 0.184. The van der Waals surface area contributed by atoms with E-state index >= 15 is 0 Å². The maximum atomic E-state index is 12.4. The summed E-state index contributed by atoms with van der Waals surface area (Å²) in [7, 11) is -3.68. The van der Waals surface area contributed by atoms with Crippen LogP contribution in [0.25, 0.3) is 0 Å². The molecule has 3 aromatic carbocycles. The Labute approximate surface area is 186 Å². The maximum Gasteiger partial charge on any atom is 0.240 e. The number of halogens is 1. The van der Waals surface area contributed by atoms with Gasteiger partial charge < -0.3 is 5.32 Å². The van der Waals surface area contributed by atoms with Gasteiger partial charge in [0.2, 0.25) is 15.9 Å². The van der Waals surface area contributed by atoms with Crippen molar-refractivity contribution in [3.63, 3.8) is 0 Å². The van der Waals surface area contributed by atoms with Crippen molar-refractivity contribution < 1.29 is 18.0 Å². The first-order valence-electron chi connectivity index (χ1n) is 9.56. The molecule has 160 valence electrons.